The number of likely N-dealkylation sites (tertiary alicyclic amines) is 1. The normalized spacial score (nSPS) is 21.2. The highest BCUT2D eigenvalue weighted by Crippen LogP contribution is 2.42. The Kier molecular flexibility index (Phi) is 5.01. The number of aliphatic hydroxyl groups is 1. The van der Waals surface area contributed by atoms with Gasteiger partial charge < -0.3 is 14.9 Å². The lowest BCUT2D eigenvalue weighted by molar-refractivity contribution is -0.385. The summed E-state index contributed by atoms with van der Waals surface area (Å²) in [6, 6.07) is 3.90. The molecule has 0 unspecified atom stereocenters. The molecule has 7 heteroatoms. The second-order valence-corrected chi connectivity index (χ2v) is 6.95. The molecule has 0 amide bonds. The van der Waals surface area contributed by atoms with Crippen LogP contribution in [0.25, 0.3) is 0 Å². The Hall–Kier alpha value is -1.73. The lowest BCUT2D eigenvalue weighted by Crippen LogP contribution is -2.47. The molecule has 24 heavy (non-hydrogen) atoms. The summed E-state index contributed by atoms with van der Waals surface area (Å²) in [5.74, 6) is -0.516. The van der Waals surface area contributed by atoms with Gasteiger partial charge >= 0.3 is 0 Å². The molecule has 1 spiro atoms. The predicted octanol–water partition coefficient (Wildman–Crippen LogP) is 2.41. The van der Waals surface area contributed by atoms with E-state index in [0.29, 0.717) is 11.1 Å². The van der Waals surface area contributed by atoms with Gasteiger partial charge in [-0.1, -0.05) is 0 Å². The molecule has 2 heterocycles. The van der Waals surface area contributed by atoms with Crippen LogP contribution in [0.3, 0.4) is 0 Å². The van der Waals surface area contributed by atoms with Crippen molar-refractivity contribution in [2.75, 3.05) is 44.2 Å². The minimum absolute atomic E-state index is 0.207. The summed E-state index contributed by atoms with van der Waals surface area (Å²) >= 11 is 0. The van der Waals surface area contributed by atoms with Crippen LogP contribution in [0, 0.1) is 21.3 Å². The standard InChI is InChI=1S/C17H24FN3O3/c18-15-13-14(21(23)24)1-2-16(15)20-9-5-17(6-10-20)3-7-19(8-4-17)11-12-22/h1-2,13,22H,3-12H2. The second kappa shape index (κ2) is 7.03. The maximum Gasteiger partial charge on any atom is 0.272 e. The maximum absolute atomic E-state index is 14.2. The molecular formula is C17H24FN3O3. The summed E-state index contributed by atoms with van der Waals surface area (Å²) in [7, 11) is 0. The van der Waals surface area contributed by atoms with Crippen LogP contribution >= 0.6 is 0 Å². The highest BCUT2D eigenvalue weighted by atomic mass is 19.1. The van der Waals surface area contributed by atoms with Crippen LogP contribution in [0.4, 0.5) is 15.8 Å². The lowest BCUT2D eigenvalue weighted by atomic mass is 9.71. The van der Waals surface area contributed by atoms with E-state index in [1.165, 1.54) is 12.1 Å². The van der Waals surface area contributed by atoms with Gasteiger partial charge in [-0.05, 0) is 50.3 Å². The van der Waals surface area contributed by atoms with E-state index in [4.69, 9.17) is 5.11 Å². The molecule has 1 N–H and O–H groups in total. The minimum atomic E-state index is -0.571. The van der Waals surface area contributed by atoms with Crippen molar-refractivity contribution >= 4 is 11.4 Å². The van der Waals surface area contributed by atoms with Gasteiger partial charge in [-0.15, -0.1) is 0 Å². The minimum Gasteiger partial charge on any atom is -0.395 e. The molecule has 1 aromatic rings. The van der Waals surface area contributed by atoms with Crippen molar-refractivity contribution in [3.63, 3.8) is 0 Å². The number of halogens is 1. The zero-order valence-corrected chi connectivity index (χ0v) is 13.8. The van der Waals surface area contributed by atoms with Crippen LogP contribution in [-0.2, 0) is 0 Å². The van der Waals surface area contributed by atoms with Crippen molar-refractivity contribution in [1.82, 2.24) is 4.90 Å². The SMILES string of the molecule is O=[N+]([O-])c1ccc(N2CCC3(CCN(CCO)CC3)CC2)c(F)c1. The van der Waals surface area contributed by atoms with Gasteiger partial charge in [-0.25, -0.2) is 4.39 Å². The lowest BCUT2D eigenvalue weighted by Gasteiger charge is -2.47. The van der Waals surface area contributed by atoms with Crippen LogP contribution in [-0.4, -0.2) is 54.3 Å². The summed E-state index contributed by atoms with van der Waals surface area (Å²) in [5.41, 5.74) is 0.592. The van der Waals surface area contributed by atoms with E-state index in [2.05, 4.69) is 4.90 Å². The smallest absolute Gasteiger partial charge is 0.272 e. The van der Waals surface area contributed by atoms with Gasteiger partial charge in [0.05, 0.1) is 23.3 Å². The Balaban J connectivity index is 1.60. The number of hydrogen-bond acceptors (Lipinski definition) is 5. The number of nitro groups is 1. The molecule has 0 atom stereocenters. The number of nitro benzene ring substituents is 1. The molecule has 0 aromatic heterocycles. The second-order valence-electron chi connectivity index (χ2n) is 6.95. The molecule has 0 radical (unpaired) electrons. The first-order valence-electron chi connectivity index (χ1n) is 8.55. The molecule has 1 aromatic carbocycles. The van der Waals surface area contributed by atoms with Crippen molar-refractivity contribution in [2.24, 2.45) is 5.41 Å². The van der Waals surface area contributed by atoms with E-state index < -0.39 is 10.7 Å². The summed E-state index contributed by atoms with van der Waals surface area (Å²) < 4.78 is 14.2. The van der Waals surface area contributed by atoms with Crippen molar-refractivity contribution in [1.29, 1.82) is 0 Å². The van der Waals surface area contributed by atoms with Crippen LogP contribution < -0.4 is 4.90 Å². The van der Waals surface area contributed by atoms with E-state index in [0.717, 1.165) is 64.5 Å². The van der Waals surface area contributed by atoms with Crippen molar-refractivity contribution in [3.05, 3.63) is 34.1 Å². The van der Waals surface area contributed by atoms with Gasteiger partial charge in [-0.2, -0.15) is 0 Å². The van der Waals surface area contributed by atoms with Crippen LogP contribution in [0.2, 0.25) is 0 Å². The quantitative estimate of drug-likeness (QED) is 0.675. The number of piperidine rings is 2. The third-order valence-electron chi connectivity index (χ3n) is 5.64. The molecule has 2 aliphatic heterocycles. The fourth-order valence-electron chi connectivity index (χ4n) is 3.98. The molecule has 6 nitrogen and oxygen atoms in total. The Morgan fingerprint density at radius 3 is 2.33 bits per heavy atom. The van der Waals surface area contributed by atoms with Gasteiger partial charge in [0.2, 0.25) is 0 Å². The molecule has 0 saturated carbocycles. The molecule has 2 saturated heterocycles. The van der Waals surface area contributed by atoms with Gasteiger partial charge in [-0.3, -0.25) is 10.1 Å². The molecule has 0 bridgehead atoms. The number of benzene rings is 1. The van der Waals surface area contributed by atoms with Crippen molar-refractivity contribution < 1.29 is 14.4 Å². The van der Waals surface area contributed by atoms with Crippen LogP contribution in [0.15, 0.2) is 18.2 Å². The highest BCUT2D eigenvalue weighted by Gasteiger charge is 2.37. The van der Waals surface area contributed by atoms with Crippen LogP contribution in [0.5, 0.6) is 0 Å². The van der Waals surface area contributed by atoms with Gasteiger partial charge in [0.25, 0.3) is 5.69 Å². The molecule has 2 fully saturated rings. The Bertz CT molecular complexity index is 593. The fraction of sp³-hybridized carbons (Fsp3) is 0.647. The zero-order valence-electron chi connectivity index (χ0n) is 13.8. The zero-order chi connectivity index (χ0) is 17.2. The summed E-state index contributed by atoms with van der Waals surface area (Å²) in [6.07, 6.45) is 4.31. The van der Waals surface area contributed by atoms with Gasteiger partial charge in [0, 0.05) is 25.7 Å². The van der Waals surface area contributed by atoms with Crippen molar-refractivity contribution in [3.8, 4) is 0 Å². The van der Waals surface area contributed by atoms with E-state index in [9.17, 15) is 14.5 Å². The van der Waals surface area contributed by atoms with E-state index in [1.807, 2.05) is 4.90 Å². The number of non-ortho nitro benzene ring substituents is 1. The van der Waals surface area contributed by atoms with E-state index >= 15 is 0 Å². The number of anilines is 1. The summed E-state index contributed by atoms with van der Waals surface area (Å²) in [6.45, 7) is 4.57. The molecule has 2 aliphatic rings. The number of β-amino-alcohol motifs (C(OH)–C–C–N with tert-alkyl or cyclic N) is 1. The van der Waals surface area contributed by atoms with Gasteiger partial charge in [0.1, 0.15) is 0 Å². The molecule has 132 valence electrons. The average molecular weight is 337 g/mol. The number of rotatable bonds is 4. The number of nitrogens with zero attached hydrogens (tertiary/aromatic N) is 3. The third-order valence-corrected chi connectivity index (χ3v) is 5.64. The largest absolute Gasteiger partial charge is 0.395 e. The number of hydrogen-bond donors (Lipinski definition) is 1. The maximum atomic E-state index is 14.2. The van der Waals surface area contributed by atoms with E-state index in [-0.39, 0.29) is 12.3 Å². The first-order chi connectivity index (χ1) is 11.5. The average Bonchev–Trinajstić information content (AvgIpc) is 2.58. The molecule has 0 aliphatic carbocycles. The summed E-state index contributed by atoms with van der Waals surface area (Å²) in [4.78, 5) is 14.5. The van der Waals surface area contributed by atoms with E-state index in [1.54, 1.807) is 0 Å². The Morgan fingerprint density at radius 1 is 1.17 bits per heavy atom. The predicted molar refractivity (Wildman–Crippen MR) is 89.7 cm³/mol. The van der Waals surface area contributed by atoms with Crippen LogP contribution in [0.1, 0.15) is 25.7 Å². The summed E-state index contributed by atoms with van der Waals surface area (Å²) in [5, 5.41) is 19.8. The molecular weight excluding hydrogens is 313 g/mol. The first-order valence-corrected chi connectivity index (χ1v) is 8.55. The van der Waals surface area contributed by atoms with Crippen molar-refractivity contribution in [2.45, 2.75) is 25.7 Å². The third kappa shape index (κ3) is 3.52. The molecule has 3 rings (SSSR count). The first kappa shape index (κ1) is 17.1. The fourth-order valence-corrected chi connectivity index (χ4v) is 3.98. The highest BCUT2D eigenvalue weighted by molar-refractivity contribution is 5.52. The topological polar surface area (TPSA) is 69.9 Å². The Labute approximate surface area is 141 Å². The monoisotopic (exact) mass is 337 g/mol. The van der Waals surface area contributed by atoms with Gasteiger partial charge in [0.15, 0.2) is 5.82 Å². The number of aliphatic hydroxyl groups excluding tert-OH is 1. The Morgan fingerprint density at radius 2 is 1.79 bits per heavy atom.